The van der Waals surface area contributed by atoms with Crippen LogP contribution in [-0.2, 0) is 16.4 Å². The van der Waals surface area contributed by atoms with Crippen molar-refractivity contribution in [3.05, 3.63) is 35.4 Å². The second kappa shape index (κ2) is 9.46. The minimum atomic E-state index is -3.12. The number of aliphatic imine (C=N–C) groups is 1. The standard InChI is InChI=1S/C16H27N3O2S.HI/c1-13-7-6-8-14(11-13)12-19-15(17-5)18-9-10-22(20,21)16(2,3)4;/h6-8,11H,9-10,12H2,1-5H3,(H2,17,18,19);1H. The minimum Gasteiger partial charge on any atom is -0.355 e. The van der Waals surface area contributed by atoms with Gasteiger partial charge in [0.1, 0.15) is 0 Å². The van der Waals surface area contributed by atoms with E-state index in [1.54, 1.807) is 27.8 Å². The Morgan fingerprint density at radius 3 is 2.39 bits per heavy atom. The molecule has 1 rings (SSSR count). The number of aryl methyl sites for hydroxylation is 1. The van der Waals surface area contributed by atoms with E-state index in [9.17, 15) is 8.42 Å². The third kappa shape index (κ3) is 7.52. The van der Waals surface area contributed by atoms with Gasteiger partial charge in [0.05, 0.1) is 10.5 Å². The van der Waals surface area contributed by atoms with E-state index in [0.717, 1.165) is 5.56 Å². The molecule has 0 amide bonds. The van der Waals surface area contributed by atoms with Gasteiger partial charge in [-0.2, -0.15) is 0 Å². The number of hydrogen-bond acceptors (Lipinski definition) is 3. The average molecular weight is 453 g/mol. The SMILES string of the molecule is CN=C(NCCS(=O)(=O)C(C)(C)C)NCc1cccc(C)c1.I. The van der Waals surface area contributed by atoms with Gasteiger partial charge in [-0.25, -0.2) is 8.42 Å². The normalized spacial score (nSPS) is 12.5. The van der Waals surface area contributed by atoms with Crippen LogP contribution in [0.1, 0.15) is 31.9 Å². The maximum Gasteiger partial charge on any atom is 0.191 e. The molecule has 0 fully saturated rings. The van der Waals surface area contributed by atoms with Gasteiger partial charge in [0.25, 0.3) is 0 Å². The van der Waals surface area contributed by atoms with Gasteiger partial charge in [-0.3, -0.25) is 4.99 Å². The highest BCUT2D eigenvalue weighted by Crippen LogP contribution is 2.15. The van der Waals surface area contributed by atoms with Gasteiger partial charge in [-0.1, -0.05) is 29.8 Å². The zero-order chi connectivity index (χ0) is 16.8. The fourth-order valence-corrected chi connectivity index (χ4v) is 2.82. The number of nitrogens with zero attached hydrogens (tertiary/aromatic N) is 1. The first kappa shape index (κ1) is 22.2. The second-order valence-corrected chi connectivity index (χ2v) is 9.14. The van der Waals surface area contributed by atoms with Crippen LogP contribution in [0.15, 0.2) is 29.3 Å². The van der Waals surface area contributed by atoms with Crippen molar-refractivity contribution in [2.75, 3.05) is 19.3 Å². The quantitative estimate of drug-likeness (QED) is 0.409. The van der Waals surface area contributed by atoms with E-state index in [1.165, 1.54) is 5.56 Å². The topological polar surface area (TPSA) is 70.6 Å². The Labute approximate surface area is 157 Å². The number of hydrogen-bond donors (Lipinski definition) is 2. The molecular weight excluding hydrogens is 425 g/mol. The van der Waals surface area contributed by atoms with Crippen LogP contribution in [0, 0.1) is 6.92 Å². The number of rotatable bonds is 5. The van der Waals surface area contributed by atoms with E-state index < -0.39 is 14.6 Å². The smallest absolute Gasteiger partial charge is 0.191 e. The Balaban J connectivity index is 0.00000484. The van der Waals surface area contributed by atoms with E-state index in [1.807, 2.05) is 25.1 Å². The summed E-state index contributed by atoms with van der Waals surface area (Å²) in [5, 5.41) is 6.22. The summed E-state index contributed by atoms with van der Waals surface area (Å²) in [5.74, 6) is 0.687. The summed E-state index contributed by atoms with van der Waals surface area (Å²) in [4.78, 5) is 4.11. The monoisotopic (exact) mass is 453 g/mol. The number of benzene rings is 1. The molecule has 0 aromatic heterocycles. The summed E-state index contributed by atoms with van der Waals surface area (Å²) >= 11 is 0. The summed E-state index contributed by atoms with van der Waals surface area (Å²) in [5.41, 5.74) is 2.36. The maximum absolute atomic E-state index is 12.0. The van der Waals surface area contributed by atoms with E-state index in [2.05, 4.69) is 21.7 Å². The lowest BCUT2D eigenvalue weighted by molar-refractivity contribution is 0.559. The molecule has 132 valence electrons. The van der Waals surface area contributed by atoms with Gasteiger partial charge in [0, 0.05) is 20.1 Å². The molecule has 0 heterocycles. The highest BCUT2D eigenvalue weighted by atomic mass is 127. The Kier molecular flexibility index (Phi) is 9.12. The molecule has 1 aromatic carbocycles. The van der Waals surface area contributed by atoms with Crippen LogP contribution in [0.3, 0.4) is 0 Å². The van der Waals surface area contributed by atoms with Gasteiger partial charge in [-0.05, 0) is 33.3 Å². The molecule has 0 aliphatic rings. The van der Waals surface area contributed by atoms with Gasteiger partial charge in [0.2, 0.25) is 0 Å². The summed E-state index contributed by atoms with van der Waals surface area (Å²) in [6.07, 6.45) is 0. The van der Waals surface area contributed by atoms with Gasteiger partial charge < -0.3 is 10.6 Å². The molecule has 0 aliphatic heterocycles. The third-order valence-corrected chi connectivity index (χ3v) is 5.97. The van der Waals surface area contributed by atoms with Crippen LogP contribution in [0.4, 0.5) is 0 Å². The second-order valence-electron chi connectivity index (χ2n) is 6.27. The zero-order valence-corrected chi connectivity index (χ0v) is 17.7. The molecule has 7 heteroatoms. The lowest BCUT2D eigenvalue weighted by Gasteiger charge is -2.19. The first-order valence-electron chi connectivity index (χ1n) is 7.38. The Bertz CT molecular complexity index is 622. The van der Waals surface area contributed by atoms with E-state index in [0.29, 0.717) is 19.0 Å². The largest absolute Gasteiger partial charge is 0.355 e. The van der Waals surface area contributed by atoms with Crippen LogP contribution in [0.25, 0.3) is 0 Å². The highest BCUT2D eigenvalue weighted by Gasteiger charge is 2.28. The first-order chi connectivity index (χ1) is 10.2. The minimum absolute atomic E-state index is 0. The lowest BCUT2D eigenvalue weighted by Crippen LogP contribution is -2.41. The molecule has 0 bridgehead atoms. The molecule has 0 radical (unpaired) electrons. The fourth-order valence-electron chi connectivity index (χ4n) is 1.84. The van der Waals surface area contributed by atoms with Gasteiger partial charge >= 0.3 is 0 Å². The summed E-state index contributed by atoms with van der Waals surface area (Å²) < 4.78 is 23.3. The molecule has 0 unspecified atom stereocenters. The number of sulfone groups is 1. The Morgan fingerprint density at radius 1 is 1.22 bits per heavy atom. The van der Waals surface area contributed by atoms with E-state index >= 15 is 0 Å². The van der Waals surface area contributed by atoms with Crippen molar-refractivity contribution >= 4 is 39.8 Å². The number of halogens is 1. The maximum atomic E-state index is 12.0. The molecule has 0 saturated heterocycles. The van der Waals surface area contributed by atoms with Crippen molar-refractivity contribution in [3.63, 3.8) is 0 Å². The lowest BCUT2D eigenvalue weighted by atomic mass is 10.1. The van der Waals surface area contributed by atoms with Crippen molar-refractivity contribution in [2.24, 2.45) is 4.99 Å². The average Bonchev–Trinajstić information content (AvgIpc) is 2.41. The summed E-state index contributed by atoms with van der Waals surface area (Å²) in [7, 11) is -1.45. The molecule has 0 aliphatic carbocycles. The first-order valence-corrected chi connectivity index (χ1v) is 9.03. The van der Waals surface area contributed by atoms with Crippen LogP contribution in [-0.4, -0.2) is 38.5 Å². The van der Waals surface area contributed by atoms with Crippen LogP contribution in [0.5, 0.6) is 0 Å². The predicted molar refractivity (Wildman–Crippen MR) is 108 cm³/mol. The molecule has 2 N–H and O–H groups in total. The van der Waals surface area contributed by atoms with Crippen LogP contribution in [0.2, 0.25) is 0 Å². The fraction of sp³-hybridized carbons (Fsp3) is 0.562. The van der Waals surface area contributed by atoms with Crippen LogP contribution < -0.4 is 10.6 Å². The van der Waals surface area contributed by atoms with E-state index in [4.69, 9.17) is 0 Å². The molecule has 1 aromatic rings. The molecule has 0 atom stereocenters. The molecule has 5 nitrogen and oxygen atoms in total. The third-order valence-electron chi connectivity index (χ3n) is 3.36. The Hall–Kier alpha value is -0.830. The van der Waals surface area contributed by atoms with Crippen molar-refractivity contribution in [3.8, 4) is 0 Å². The van der Waals surface area contributed by atoms with Crippen molar-refractivity contribution in [1.29, 1.82) is 0 Å². The number of nitrogens with one attached hydrogen (secondary N) is 2. The zero-order valence-electron chi connectivity index (χ0n) is 14.5. The molecular formula is C16H28IN3O2S. The van der Waals surface area contributed by atoms with Crippen LogP contribution >= 0.6 is 24.0 Å². The summed E-state index contributed by atoms with van der Waals surface area (Å²) in [6.45, 7) is 8.18. The Morgan fingerprint density at radius 2 is 1.87 bits per heavy atom. The van der Waals surface area contributed by atoms with Gasteiger partial charge in [-0.15, -0.1) is 24.0 Å². The number of guanidine groups is 1. The van der Waals surface area contributed by atoms with Crippen molar-refractivity contribution in [1.82, 2.24) is 10.6 Å². The highest BCUT2D eigenvalue weighted by molar-refractivity contribution is 14.0. The van der Waals surface area contributed by atoms with Crippen molar-refractivity contribution in [2.45, 2.75) is 39.0 Å². The molecule has 0 saturated carbocycles. The summed E-state index contributed by atoms with van der Waals surface area (Å²) in [6, 6.07) is 8.20. The predicted octanol–water partition coefficient (Wildman–Crippen LogP) is 2.49. The van der Waals surface area contributed by atoms with Crippen molar-refractivity contribution < 1.29 is 8.42 Å². The molecule has 0 spiro atoms. The van der Waals surface area contributed by atoms with Gasteiger partial charge in [0.15, 0.2) is 15.8 Å². The molecule has 23 heavy (non-hydrogen) atoms. The van der Waals surface area contributed by atoms with E-state index in [-0.39, 0.29) is 29.7 Å².